The Morgan fingerprint density at radius 1 is 1.10 bits per heavy atom. The fraction of sp³-hybridized carbons (Fsp3) is 0.333. The van der Waals surface area contributed by atoms with Crippen molar-refractivity contribution in [1.82, 2.24) is 9.62 Å². The Balaban J connectivity index is 1.70. The van der Waals surface area contributed by atoms with Crippen molar-refractivity contribution in [2.45, 2.75) is 24.7 Å². The predicted octanol–water partition coefficient (Wildman–Crippen LogP) is 2.38. The average Bonchev–Trinajstić information content (AvgIpc) is 3.29. The van der Waals surface area contributed by atoms with Crippen LogP contribution in [0.5, 0.6) is 5.75 Å². The average molecular weight is 450 g/mol. The van der Waals surface area contributed by atoms with E-state index < -0.39 is 27.7 Å². The van der Waals surface area contributed by atoms with Gasteiger partial charge in [-0.25, -0.2) is 12.8 Å². The van der Waals surface area contributed by atoms with Gasteiger partial charge in [0.1, 0.15) is 16.5 Å². The first kappa shape index (κ1) is 22.7. The number of benzene rings is 2. The Bertz CT molecular complexity index is 1050. The van der Waals surface area contributed by atoms with Gasteiger partial charge in [0.25, 0.3) is 5.91 Å². The van der Waals surface area contributed by atoms with Crippen molar-refractivity contribution in [2.24, 2.45) is 0 Å². The van der Waals surface area contributed by atoms with Crippen LogP contribution in [0.4, 0.5) is 10.1 Å². The van der Waals surface area contributed by atoms with E-state index in [0.29, 0.717) is 19.7 Å². The number of carbonyl (C=O) groups excluding carboxylic acids is 2. The third-order valence-electron chi connectivity index (χ3n) is 4.73. The molecule has 8 nitrogen and oxygen atoms in total. The maximum Gasteiger partial charge on any atom is 0.251 e. The van der Waals surface area contributed by atoms with Crippen LogP contribution < -0.4 is 15.4 Å². The normalized spacial score (nSPS) is 14.3. The van der Waals surface area contributed by atoms with E-state index in [9.17, 15) is 22.4 Å². The second-order valence-corrected chi connectivity index (χ2v) is 8.85. The lowest BCUT2D eigenvalue weighted by molar-refractivity contribution is -0.115. The first-order valence-electron chi connectivity index (χ1n) is 9.92. The lowest BCUT2D eigenvalue weighted by Crippen LogP contribution is -2.33. The largest absolute Gasteiger partial charge is 0.492 e. The SMILES string of the molecule is CCOc1ccc(NC(=O)CNC(=O)c2ccc(F)cc2)cc1S(=O)(=O)N1CCCC1. The summed E-state index contributed by atoms with van der Waals surface area (Å²) in [6, 6.07) is 9.31. The molecule has 3 rings (SSSR count). The van der Waals surface area contributed by atoms with Gasteiger partial charge in [0, 0.05) is 24.3 Å². The van der Waals surface area contributed by atoms with Gasteiger partial charge in [0.15, 0.2) is 0 Å². The van der Waals surface area contributed by atoms with Crippen LogP contribution in [-0.4, -0.2) is 50.8 Å². The van der Waals surface area contributed by atoms with Crippen LogP contribution in [0.2, 0.25) is 0 Å². The number of halogens is 1. The van der Waals surface area contributed by atoms with Crippen molar-refractivity contribution >= 4 is 27.5 Å². The third kappa shape index (κ3) is 5.59. The van der Waals surface area contributed by atoms with Crippen LogP contribution in [0, 0.1) is 5.82 Å². The van der Waals surface area contributed by atoms with Crippen molar-refractivity contribution in [1.29, 1.82) is 0 Å². The predicted molar refractivity (Wildman–Crippen MR) is 113 cm³/mol. The van der Waals surface area contributed by atoms with Crippen molar-refractivity contribution in [3.05, 3.63) is 53.8 Å². The molecule has 0 aromatic heterocycles. The zero-order valence-electron chi connectivity index (χ0n) is 17.1. The highest BCUT2D eigenvalue weighted by Crippen LogP contribution is 2.31. The molecule has 166 valence electrons. The fourth-order valence-corrected chi connectivity index (χ4v) is 4.87. The van der Waals surface area contributed by atoms with Gasteiger partial charge in [-0.3, -0.25) is 9.59 Å². The monoisotopic (exact) mass is 449 g/mol. The second kappa shape index (κ2) is 9.88. The standard InChI is InChI=1S/C21H24FN3O5S/c1-2-30-18-10-9-17(13-19(18)31(28,29)25-11-3-4-12-25)24-20(26)14-23-21(27)15-5-7-16(22)8-6-15/h5-10,13H,2-4,11-12,14H2,1H3,(H,23,27)(H,24,26). The van der Waals surface area contributed by atoms with E-state index in [4.69, 9.17) is 4.74 Å². The molecule has 1 saturated heterocycles. The molecule has 0 radical (unpaired) electrons. The van der Waals surface area contributed by atoms with Crippen molar-refractivity contribution in [2.75, 3.05) is 31.6 Å². The maximum absolute atomic E-state index is 13.0. The van der Waals surface area contributed by atoms with Crippen LogP contribution in [0.1, 0.15) is 30.1 Å². The van der Waals surface area contributed by atoms with E-state index in [1.807, 2.05) is 0 Å². The van der Waals surface area contributed by atoms with Crippen molar-refractivity contribution in [3.63, 3.8) is 0 Å². The lowest BCUT2D eigenvalue weighted by atomic mass is 10.2. The Morgan fingerprint density at radius 3 is 2.42 bits per heavy atom. The summed E-state index contributed by atoms with van der Waals surface area (Å²) in [6.45, 7) is 2.60. The summed E-state index contributed by atoms with van der Waals surface area (Å²) >= 11 is 0. The van der Waals surface area contributed by atoms with Gasteiger partial charge in [-0.1, -0.05) is 0 Å². The second-order valence-electron chi connectivity index (χ2n) is 6.94. The molecule has 1 fully saturated rings. The highest BCUT2D eigenvalue weighted by Gasteiger charge is 2.30. The summed E-state index contributed by atoms with van der Waals surface area (Å²) in [4.78, 5) is 24.3. The van der Waals surface area contributed by atoms with Gasteiger partial charge >= 0.3 is 0 Å². The minimum Gasteiger partial charge on any atom is -0.492 e. The highest BCUT2D eigenvalue weighted by atomic mass is 32.2. The van der Waals surface area contributed by atoms with Crippen LogP contribution in [-0.2, 0) is 14.8 Å². The number of nitrogens with one attached hydrogen (secondary N) is 2. The number of amides is 2. The van der Waals surface area contributed by atoms with Crippen molar-refractivity contribution < 1.29 is 27.1 Å². The number of nitrogens with zero attached hydrogens (tertiary/aromatic N) is 1. The van der Waals surface area contributed by atoms with Crippen LogP contribution in [0.25, 0.3) is 0 Å². The third-order valence-corrected chi connectivity index (χ3v) is 6.65. The molecular formula is C21H24FN3O5S. The number of hydrogen-bond acceptors (Lipinski definition) is 5. The summed E-state index contributed by atoms with van der Waals surface area (Å²) in [5.41, 5.74) is 0.483. The number of carbonyl (C=O) groups is 2. The molecule has 2 aromatic carbocycles. The molecule has 2 N–H and O–H groups in total. The number of hydrogen-bond donors (Lipinski definition) is 2. The Hall–Kier alpha value is -2.98. The zero-order chi connectivity index (χ0) is 22.4. The van der Waals surface area contributed by atoms with E-state index >= 15 is 0 Å². The van der Waals surface area contributed by atoms with E-state index in [1.54, 1.807) is 6.92 Å². The van der Waals surface area contributed by atoms with E-state index in [2.05, 4.69) is 10.6 Å². The van der Waals surface area contributed by atoms with Gasteiger partial charge in [-0.2, -0.15) is 4.31 Å². The van der Waals surface area contributed by atoms with Gasteiger partial charge in [0.2, 0.25) is 15.9 Å². The summed E-state index contributed by atoms with van der Waals surface area (Å²) in [5, 5.41) is 5.01. The lowest BCUT2D eigenvalue weighted by Gasteiger charge is -2.19. The molecule has 0 aliphatic carbocycles. The van der Waals surface area contributed by atoms with Gasteiger partial charge in [0.05, 0.1) is 13.2 Å². The first-order chi connectivity index (χ1) is 14.8. The summed E-state index contributed by atoms with van der Waals surface area (Å²) in [5.74, 6) is -1.32. The Morgan fingerprint density at radius 2 is 1.77 bits per heavy atom. The summed E-state index contributed by atoms with van der Waals surface area (Å²) in [6.07, 6.45) is 1.60. The molecule has 0 spiro atoms. The van der Waals surface area contributed by atoms with E-state index in [-0.39, 0.29) is 28.4 Å². The molecule has 0 unspecified atom stereocenters. The molecule has 1 aliphatic rings. The van der Waals surface area contributed by atoms with Gasteiger partial charge < -0.3 is 15.4 Å². The minimum atomic E-state index is -3.76. The van der Waals surface area contributed by atoms with Gasteiger partial charge in [-0.05, 0) is 62.2 Å². The molecule has 1 heterocycles. The van der Waals surface area contributed by atoms with E-state index in [0.717, 1.165) is 25.0 Å². The van der Waals surface area contributed by atoms with Crippen LogP contribution in [0.15, 0.2) is 47.4 Å². The number of sulfonamides is 1. The zero-order valence-corrected chi connectivity index (χ0v) is 17.9. The van der Waals surface area contributed by atoms with Gasteiger partial charge in [-0.15, -0.1) is 0 Å². The molecular weight excluding hydrogens is 425 g/mol. The summed E-state index contributed by atoms with van der Waals surface area (Å²) in [7, 11) is -3.76. The molecule has 0 atom stereocenters. The van der Waals surface area contributed by atoms with Crippen molar-refractivity contribution in [3.8, 4) is 5.75 Å². The fourth-order valence-electron chi connectivity index (χ4n) is 3.20. The first-order valence-corrected chi connectivity index (χ1v) is 11.4. The quantitative estimate of drug-likeness (QED) is 0.644. The number of anilines is 1. The molecule has 2 aromatic rings. The number of rotatable bonds is 8. The molecule has 0 saturated carbocycles. The highest BCUT2D eigenvalue weighted by molar-refractivity contribution is 7.89. The number of ether oxygens (including phenoxy) is 1. The van der Waals surface area contributed by atoms with E-state index in [1.165, 1.54) is 34.6 Å². The van der Waals surface area contributed by atoms with Crippen LogP contribution in [0.3, 0.4) is 0 Å². The molecule has 2 amide bonds. The molecule has 1 aliphatic heterocycles. The van der Waals surface area contributed by atoms with Crippen LogP contribution >= 0.6 is 0 Å². The molecule has 10 heteroatoms. The Kier molecular flexibility index (Phi) is 7.24. The Labute approximate surface area is 180 Å². The molecule has 0 bridgehead atoms. The minimum absolute atomic E-state index is 0.00982. The molecule has 31 heavy (non-hydrogen) atoms. The summed E-state index contributed by atoms with van der Waals surface area (Å²) < 4.78 is 45.9. The smallest absolute Gasteiger partial charge is 0.251 e. The maximum atomic E-state index is 13.0. The topological polar surface area (TPSA) is 105 Å².